The zero-order valence-corrected chi connectivity index (χ0v) is 21.5. The number of allylic oxidation sites excluding steroid dienone is 9. The topological polar surface area (TPSA) is 29.4 Å². The standard InChI is InChI=1S/C15H16.C9H11NO.C4H10.C2H6/c1-12-7-3-5-9-14(11-12)15-10-6-4-8-13(15)2;1-7-3-4-9(8(2)11)6-10-5-7;1-3-4-2;1-2/h3-6,8-11H,7H2,1-2H3;3-4,6H,5H2,1-2H3;3-4H2,1-2H3;1-2H3. The molecule has 1 aromatic rings. The van der Waals surface area contributed by atoms with Gasteiger partial charge in [-0.05, 0) is 56.9 Å². The number of carbonyl (C=O) groups excluding carboxylic acids is 1. The van der Waals surface area contributed by atoms with Crippen LogP contribution in [0.25, 0.3) is 5.57 Å². The van der Waals surface area contributed by atoms with Gasteiger partial charge in [-0.1, -0.05) is 106 Å². The monoisotopic (exact) mass is 433 g/mol. The van der Waals surface area contributed by atoms with Crippen LogP contribution in [0.15, 0.2) is 82.4 Å². The number of ketones is 1. The molecule has 1 aliphatic heterocycles. The summed E-state index contributed by atoms with van der Waals surface area (Å²) in [5.41, 5.74) is 7.27. The van der Waals surface area contributed by atoms with Gasteiger partial charge in [0.2, 0.25) is 0 Å². The normalized spacial score (nSPS) is 14.2. The molecule has 0 radical (unpaired) electrons. The van der Waals surface area contributed by atoms with Crippen LogP contribution in [0.4, 0.5) is 0 Å². The first-order valence-corrected chi connectivity index (χ1v) is 11.9. The third-order valence-corrected chi connectivity index (χ3v) is 4.73. The predicted molar refractivity (Wildman–Crippen MR) is 144 cm³/mol. The summed E-state index contributed by atoms with van der Waals surface area (Å²) in [6.45, 7) is 17.0. The van der Waals surface area contributed by atoms with Gasteiger partial charge in [0.25, 0.3) is 0 Å². The summed E-state index contributed by atoms with van der Waals surface area (Å²) in [6.07, 6.45) is 17.9. The minimum absolute atomic E-state index is 0.0692. The first-order valence-electron chi connectivity index (χ1n) is 11.9. The second kappa shape index (κ2) is 17.9. The van der Waals surface area contributed by atoms with Crippen LogP contribution in [-0.2, 0) is 4.79 Å². The Morgan fingerprint density at radius 1 is 0.938 bits per heavy atom. The van der Waals surface area contributed by atoms with E-state index in [9.17, 15) is 4.79 Å². The lowest BCUT2D eigenvalue weighted by Gasteiger charge is -2.06. The van der Waals surface area contributed by atoms with Crippen LogP contribution >= 0.6 is 0 Å². The molecule has 0 saturated carbocycles. The third-order valence-electron chi connectivity index (χ3n) is 4.73. The molecule has 0 aromatic heterocycles. The van der Waals surface area contributed by atoms with Crippen molar-refractivity contribution in [2.24, 2.45) is 4.99 Å². The van der Waals surface area contributed by atoms with Crippen molar-refractivity contribution in [1.29, 1.82) is 0 Å². The smallest absolute Gasteiger partial charge is 0.161 e. The van der Waals surface area contributed by atoms with Crippen molar-refractivity contribution in [3.63, 3.8) is 0 Å². The molecule has 0 N–H and O–H groups in total. The second-order valence-electron chi connectivity index (χ2n) is 7.72. The number of hydrogen-bond acceptors (Lipinski definition) is 2. The van der Waals surface area contributed by atoms with Gasteiger partial charge in [-0.15, -0.1) is 0 Å². The molecule has 0 unspecified atom stereocenters. The van der Waals surface area contributed by atoms with E-state index in [0.717, 1.165) is 6.42 Å². The molecule has 0 bridgehead atoms. The van der Waals surface area contributed by atoms with Crippen LogP contribution < -0.4 is 0 Å². The number of Topliss-reactive ketones (excluding diaryl/α,β-unsaturated/α-hetero) is 1. The fraction of sp³-hybridized carbons (Fsp3) is 0.400. The lowest BCUT2D eigenvalue weighted by molar-refractivity contribution is -0.113. The Hall–Kier alpha value is -2.74. The van der Waals surface area contributed by atoms with E-state index >= 15 is 0 Å². The average molecular weight is 434 g/mol. The van der Waals surface area contributed by atoms with E-state index in [-0.39, 0.29) is 5.78 Å². The van der Waals surface area contributed by atoms with Crippen molar-refractivity contribution in [3.05, 3.63) is 88.6 Å². The first kappa shape index (κ1) is 29.3. The molecular formula is C30H43NO. The number of nitrogens with zero attached hydrogens (tertiary/aromatic N) is 1. The number of aliphatic imine (C=N–C) groups is 1. The zero-order valence-electron chi connectivity index (χ0n) is 21.5. The van der Waals surface area contributed by atoms with E-state index < -0.39 is 0 Å². The predicted octanol–water partition coefficient (Wildman–Crippen LogP) is 8.65. The van der Waals surface area contributed by atoms with Crippen molar-refractivity contribution in [2.75, 3.05) is 6.54 Å². The van der Waals surface area contributed by atoms with Crippen molar-refractivity contribution in [2.45, 2.75) is 74.7 Å². The SMILES string of the molecule is CC.CC(=O)C1=CC=C(C)CN=C1.CC1=CC(c2ccccc2C)=CC=CC1.CCCC. The van der Waals surface area contributed by atoms with E-state index in [0.29, 0.717) is 12.1 Å². The molecule has 2 aliphatic rings. The Kier molecular flexibility index (Phi) is 16.4. The maximum atomic E-state index is 10.9. The molecule has 32 heavy (non-hydrogen) atoms. The van der Waals surface area contributed by atoms with Crippen molar-refractivity contribution < 1.29 is 4.79 Å². The number of rotatable bonds is 3. The molecule has 0 amide bonds. The van der Waals surface area contributed by atoms with E-state index in [4.69, 9.17) is 0 Å². The Bertz CT molecular complexity index is 874. The van der Waals surface area contributed by atoms with Crippen LogP contribution in [0.1, 0.15) is 78.9 Å². The Morgan fingerprint density at radius 3 is 2.19 bits per heavy atom. The largest absolute Gasteiger partial charge is 0.294 e. The Labute approximate surface area is 197 Å². The minimum atomic E-state index is 0.0692. The highest BCUT2D eigenvalue weighted by atomic mass is 16.1. The van der Waals surface area contributed by atoms with Gasteiger partial charge < -0.3 is 0 Å². The summed E-state index contributed by atoms with van der Waals surface area (Å²) in [4.78, 5) is 14.9. The molecule has 2 heteroatoms. The van der Waals surface area contributed by atoms with Gasteiger partial charge in [-0.25, -0.2) is 0 Å². The molecular weight excluding hydrogens is 390 g/mol. The highest BCUT2D eigenvalue weighted by Crippen LogP contribution is 2.23. The summed E-state index contributed by atoms with van der Waals surface area (Å²) in [7, 11) is 0. The average Bonchev–Trinajstić information content (AvgIpc) is 3.16. The molecule has 0 atom stereocenters. The summed E-state index contributed by atoms with van der Waals surface area (Å²) >= 11 is 0. The number of carbonyl (C=O) groups is 1. The van der Waals surface area contributed by atoms with Crippen LogP contribution in [0.3, 0.4) is 0 Å². The highest BCUT2D eigenvalue weighted by Gasteiger charge is 2.03. The van der Waals surface area contributed by atoms with Crippen molar-refractivity contribution >= 4 is 17.6 Å². The molecule has 1 aromatic carbocycles. The molecule has 0 saturated heterocycles. The van der Waals surface area contributed by atoms with E-state index in [1.54, 1.807) is 13.1 Å². The van der Waals surface area contributed by atoms with Crippen LogP contribution in [0, 0.1) is 6.92 Å². The molecule has 0 fully saturated rings. The van der Waals surface area contributed by atoms with Gasteiger partial charge in [0.1, 0.15) is 0 Å². The van der Waals surface area contributed by atoms with Gasteiger partial charge >= 0.3 is 0 Å². The highest BCUT2D eigenvalue weighted by molar-refractivity contribution is 6.12. The van der Waals surface area contributed by atoms with Crippen LogP contribution in [-0.4, -0.2) is 18.5 Å². The number of hydrogen-bond donors (Lipinski definition) is 0. The zero-order chi connectivity index (χ0) is 24.4. The number of aryl methyl sites for hydroxylation is 1. The van der Waals surface area contributed by atoms with Crippen LogP contribution in [0.5, 0.6) is 0 Å². The van der Waals surface area contributed by atoms with Gasteiger partial charge in [0.05, 0.1) is 6.54 Å². The second-order valence-corrected chi connectivity index (χ2v) is 7.72. The van der Waals surface area contributed by atoms with Gasteiger partial charge in [-0.3, -0.25) is 9.79 Å². The maximum Gasteiger partial charge on any atom is 0.161 e. The van der Waals surface area contributed by atoms with Gasteiger partial charge in [0, 0.05) is 11.8 Å². The maximum absolute atomic E-state index is 10.9. The Balaban J connectivity index is 0.000000498. The molecule has 1 aliphatic carbocycles. The van der Waals surface area contributed by atoms with Gasteiger partial charge in [0.15, 0.2) is 5.78 Å². The molecule has 0 spiro atoms. The third kappa shape index (κ3) is 12.2. The van der Waals surface area contributed by atoms with E-state index in [2.05, 4.69) is 81.3 Å². The molecule has 2 nitrogen and oxygen atoms in total. The van der Waals surface area contributed by atoms with Crippen molar-refractivity contribution in [3.8, 4) is 0 Å². The van der Waals surface area contributed by atoms with Crippen LogP contribution in [0.2, 0.25) is 0 Å². The molecule has 3 rings (SSSR count). The van der Waals surface area contributed by atoms with E-state index in [1.807, 2.05) is 32.9 Å². The quantitative estimate of drug-likeness (QED) is 0.469. The lowest BCUT2D eigenvalue weighted by atomic mass is 9.99. The summed E-state index contributed by atoms with van der Waals surface area (Å²) in [5, 5.41) is 0. The Morgan fingerprint density at radius 2 is 1.59 bits per heavy atom. The van der Waals surface area contributed by atoms with Gasteiger partial charge in [-0.2, -0.15) is 0 Å². The lowest BCUT2D eigenvalue weighted by Crippen LogP contribution is -1.96. The molecule has 1 heterocycles. The van der Waals surface area contributed by atoms with E-state index in [1.165, 1.54) is 40.7 Å². The number of unbranched alkanes of at least 4 members (excludes halogenated alkanes) is 1. The van der Waals surface area contributed by atoms with Crippen molar-refractivity contribution in [1.82, 2.24) is 0 Å². The number of benzene rings is 1. The summed E-state index contributed by atoms with van der Waals surface area (Å²) < 4.78 is 0. The first-order chi connectivity index (χ1) is 15.4. The molecule has 174 valence electrons. The summed E-state index contributed by atoms with van der Waals surface area (Å²) in [6, 6.07) is 8.53. The fourth-order valence-corrected chi connectivity index (χ4v) is 2.69. The summed E-state index contributed by atoms with van der Waals surface area (Å²) in [5.74, 6) is 0.0692. The fourth-order valence-electron chi connectivity index (χ4n) is 2.69. The minimum Gasteiger partial charge on any atom is -0.294 e.